The van der Waals surface area contributed by atoms with E-state index >= 15 is 0 Å². The van der Waals surface area contributed by atoms with E-state index in [1.165, 1.54) is 12.1 Å². The molecule has 2 rings (SSSR count). The van der Waals surface area contributed by atoms with Gasteiger partial charge in [0.05, 0.1) is 10.7 Å². The molecule has 0 unspecified atom stereocenters. The molecule has 0 saturated carbocycles. The summed E-state index contributed by atoms with van der Waals surface area (Å²) < 4.78 is 0. The highest BCUT2D eigenvalue weighted by Gasteiger charge is 2.11. The van der Waals surface area contributed by atoms with Crippen LogP contribution in [-0.4, -0.2) is 16.1 Å². The Labute approximate surface area is 108 Å². The van der Waals surface area contributed by atoms with E-state index < -0.39 is 5.97 Å². The van der Waals surface area contributed by atoms with E-state index in [9.17, 15) is 4.79 Å². The lowest BCUT2D eigenvalue weighted by Gasteiger charge is -2.05. The van der Waals surface area contributed by atoms with E-state index in [1.807, 2.05) is 0 Å². The number of benzene rings is 1. The number of nitrogens with zero attached hydrogens (tertiary/aromatic N) is 1. The van der Waals surface area contributed by atoms with E-state index in [0.29, 0.717) is 21.3 Å². The predicted octanol–water partition coefficient (Wildman–Crippen LogP) is 3.75. The highest BCUT2D eigenvalue weighted by Crippen LogP contribution is 2.27. The van der Waals surface area contributed by atoms with Crippen LogP contribution in [0.3, 0.4) is 0 Å². The Morgan fingerprint density at radius 1 is 1.18 bits per heavy atom. The molecule has 17 heavy (non-hydrogen) atoms. The quantitative estimate of drug-likeness (QED) is 0.902. The van der Waals surface area contributed by atoms with Gasteiger partial charge in [-0.3, -0.25) is 0 Å². The second-order valence-corrected chi connectivity index (χ2v) is 4.19. The highest BCUT2D eigenvalue weighted by atomic mass is 35.5. The van der Waals surface area contributed by atoms with Gasteiger partial charge in [-0.1, -0.05) is 35.3 Å². The summed E-state index contributed by atoms with van der Waals surface area (Å²) in [6, 6.07) is 9.79. The average Bonchev–Trinajstić information content (AvgIpc) is 2.29. The molecule has 0 spiro atoms. The first-order valence-corrected chi connectivity index (χ1v) is 5.49. The third-order valence-corrected chi connectivity index (χ3v) is 2.70. The molecule has 0 aliphatic heterocycles. The van der Waals surface area contributed by atoms with Gasteiger partial charge in [-0.15, -0.1) is 0 Å². The van der Waals surface area contributed by atoms with Gasteiger partial charge in [-0.2, -0.15) is 0 Å². The van der Waals surface area contributed by atoms with Crippen molar-refractivity contribution >= 4 is 29.2 Å². The zero-order valence-corrected chi connectivity index (χ0v) is 10.0. The number of carboxylic acids is 1. The Balaban J connectivity index is 2.58. The molecule has 0 aliphatic rings. The Morgan fingerprint density at radius 2 is 1.94 bits per heavy atom. The number of pyridine rings is 1. The summed E-state index contributed by atoms with van der Waals surface area (Å²) >= 11 is 11.9. The van der Waals surface area contributed by atoms with Gasteiger partial charge >= 0.3 is 5.97 Å². The number of carboxylic acid groups (broad SMARTS) is 1. The minimum absolute atomic E-state index is 0.0515. The lowest BCUT2D eigenvalue weighted by molar-refractivity contribution is 0.0690. The molecule has 3 nitrogen and oxygen atoms in total. The van der Waals surface area contributed by atoms with Gasteiger partial charge in [-0.05, 0) is 24.3 Å². The molecular weight excluding hydrogens is 261 g/mol. The minimum atomic E-state index is -1.09. The number of aromatic nitrogens is 1. The summed E-state index contributed by atoms with van der Waals surface area (Å²) in [5, 5.41) is 9.80. The third-order valence-electron chi connectivity index (χ3n) is 2.16. The third kappa shape index (κ3) is 2.57. The van der Waals surface area contributed by atoms with Crippen LogP contribution in [0.15, 0.2) is 36.4 Å². The van der Waals surface area contributed by atoms with Crippen LogP contribution in [0.1, 0.15) is 10.5 Å². The Hall–Kier alpha value is -1.58. The van der Waals surface area contributed by atoms with Gasteiger partial charge in [-0.25, -0.2) is 9.78 Å². The van der Waals surface area contributed by atoms with Crippen LogP contribution >= 0.6 is 23.2 Å². The monoisotopic (exact) mass is 267 g/mol. The van der Waals surface area contributed by atoms with Gasteiger partial charge in [0.25, 0.3) is 0 Å². The van der Waals surface area contributed by atoms with E-state index in [2.05, 4.69) is 4.98 Å². The molecular formula is C12H7Cl2NO2. The van der Waals surface area contributed by atoms with E-state index in [4.69, 9.17) is 28.3 Å². The first-order valence-electron chi connectivity index (χ1n) is 4.73. The molecule has 0 aliphatic carbocycles. The molecule has 5 heteroatoms. The summed E-state index contributed by atoms with van der Waals surface area (Å²) in [6.45, 7) is 0. The zero-order chi connectivity index (χ0) is 12.4. The number of carbonyl (C=O) groups is 1. The van der Waals surface area contributed by atoms with E-state index in [-0.39, 0.29) is 5.69 Å². The molecule has 1 heterocycles. The van der Waals surface area contributed by atoms with Crippen LogP contribution in [0.2, 0.25) is 10.0 Å². The van der Waals surface area contributed by atoms with Crippen molar-refractivity contribution in [3.63, 3.8) is 0 Å². The number of rotatable bonds is 2. The van der Waals surface area contributed by atoms with Gasteiger partial charge in [0.2, 0.25) is 0 Å². The van der Waals surface area contributed by atoms with Crippen molar-refractivity contribution in [1.82, 2.24) is 4.98 Å². The Bertz CT molecular complexity index is 584. The first-order chi connectivity index (χ1) is 8.08. The van der Waals surface area contributed by atoms with E-state index in [0.717, 1.165) is 0 Å². The SMILES string of the molecule is O=C(O)c1ccc(Cl)c(-c2cccc(Cl)c2)n1. The van der Waals surface area contributed by atoms with Crippen LogP contribution in [-0.2, 0) is 0 Å². The molecule has 1 aromatic carbocycles. The van der Waals surface area contributed by atoms with Crippen LogP contribution in [0.4, 0.5) is 0 Å². The van der Waals surface area contributed by atoms with Crippen LogP contribution < -0.4 is 0 Å². The molecule has 86 valence electrons. The summed E-state index contributed by atoms with van der Waals surface area (Å²) in [7, 11) is 0. The molecule has 0 fully saturated rings. The predicted molar refractivity (Wildman–Crippen MR) is 66.7 cm³/mol. The maximum Gasteiger partial charge on any atom is 0.354 e. The smallest absolute Gasteiger partial charge is 0.354 e. The highest BCUT2D eigenvalue weighted by molar-refractivity contribution is 6.33. The van der Waals surface area contributed by atoms with Crippen LogP contribution in [0, 0.1) is 0 Å². The molecule has 1 N–H and O–H groups in total. The van der Waals surface area contributed by atoms with Crippen molar-refractivity contribution in [2.24, 2.45) is 0 Å². The van der Waals surface area contributed by atoms with Crippen LogP contribution in [0.25, 0.3) is 11.3 Å². The van der Waals surface area contributed by atoms with E-state index in [1.54, 1.807) is 24.3 Å². The summed E-state index contributed by atoms with van der Waals surface area (Å²) in [6.07, 6.45) is 0. The Kier molecular flexibility index (Phi) is 3.31. The summed E-state index contributed by atoms with van der Waals surface area (Å²) in [5.41, 5.74) is 1.05. The largest absolute Gasteiger partial charge is 0.477 e. The zero-order valence-electron chi connectivity index (χ0n) is 8.52. The lowest BCUT2D eigenvalue weighted by Crippen LogP contribution is -2.01. The molecule has 2 aromatic rings. The molecule has 0 radical (unpaired) electrons. The van der Waals surface area contributed by atoms with Crippen molar-refractivity contribution in [3.05, 3.63) is 52.1 Å². The average molecular weight is 268 g/mol. The number of hydrogen-bond acceptors (Lipinski definition) is 2. The van der Waals surface area contributed by atoms with Gasteiger partial charge in [0, 0.05) is 10.6 Å². The molecule has 0 saturated heterocycles. The summed E-state index contributed by atoms with van der Waals surface area (Å²) in [4.78, 5) is 14.8. The topological polar surface area (TPSA) is 50.2 Å². The fourth-order valence-electron chi connectivity index (χ4n) is 1.40. The standard InChI is InChI=1S/C12H7Cl2NO2/c13-8-3-1-2-7(6-8)11-9(14)4-5-10(15-11)12(16)17/h1-6H,(H,16,17). The number of hydrogen-bond donors (Lipinski definition) is 1. The normalized spacial score (nSPS) is 10.2. The maximum absolute atomic E-state index is 10.8. The molecule has 0 atom stereocenters. The minimum Gasteiger partial charge on any atom is -0.477 e. The van der Waals surface area contributed by atoms with Crippen molar-refractivity contribution < 1.29 is 9.90 Å². The summed E-state index contributed by atoms with van der Waals surface area (Å²) in [5.74, 6) is -1.09. The van der Waals surface area contributed by atoms with Gasteiger partial charge < -0.3 is 5.11 Å². The van der Waals surface area contributed by atoms with Gasteiger partial charge in [0.1, 0.15) is 5.69 Å². The molecule has 1 aromatic heterocycles. The van der Waals surface area contributed by atoms with Crippen LogP contribution in [0.5, 0.6) is 0 Å². The maximum atomic E-state index is 10.8. The van der Waals surface area contributed by atoms with Crippen molar-refractivity contribution in [1.29, 1.82) is 0 Å². The number of halogens is 2. The second-order valence-electron chi connectivity index (χ2n) is 3.34. The molecule has 0 amide bonds. The van der Waals surface area contributed by atoms with Crippen molar-refractivity contribution in [2.75, 3.05) is 0 Å². The van der Waals surface area contributed by atoms with Crippen molar-refractivity contribution in [2.45, 2.75) is 0 Å². The first kappa shape index (κ1) is 11.9. The Morgan fingerprint density at radius 3 is 2.59 bits per heavy atom. The fraction of sp³-hybridized carbons (Fsp3) is 0. The number of aromatic carboxylic acids is 1. The molecule has 0 bridgehead atoms. The fourth-order valence-corrected chi connectivity index (χ4v) is 1.80. The van der Waals surface area contributed by atoms with Gasteiger partial charge in [0.15, 0.2) is 0 Å². The second kappa shape index (κ2) is 4.73. The lowest BCUT2D eigenvalue weighted by atomic mass is 10.1. The van der Waals surface area contributed by atoms with Crippen molar-refractivity contribution in [3.8, 4) is 11.3 Å².